The normalized spacial score (nSPS) is 16.7. The Labute approximate surface area is 185 Å². The van der Waals surface area contributed by atoms with E-state index in [1.54, 1.807) is 0 Å². The van der Waals surface area contributed by atoms with E-state index in [0.29, 0.717) is 12.1 Å². The summed E-state index contributed by atoms with van der Waals surface area (Å²) in [6.07, 6.45) is -1.16. The smallest absolute Gasteiger partial charge is 0.333 e. The summed E-state index contributed by atoms with van der Waals surface area (Å²) in [6.45, 7) is 5.04. The molecule has 0 unspecified atom stereocenters. The number of hydrogen-bond donors (Lipinski definition) is 1. The predicted molar refractivity (Wildman–Crippen MR) is 110 cm³/mol. The van der Waals surface area contributed by atoms with Crippen LogP contribution in [0, 0.1) is 0 Å². The summed E-state index contributed by atoms with van der Waals surface area (Å²) >= 11 is 2.94. The van der Waals surface area contributed by atoms with Crippen LogP contribution in [-0.2, 0) is 24.1 Å². The maximum atomic E-state index is 13.7. The summed E-state index contributed by atoms with van der Waals surface area (Å²) in [5.41, 5.74) is -0.466. The number of allylic oxidation sites excluding steroid dienone is 5. The molecule has 1 amide bonds. The van der Waals surface area contributed by atoms with E-state index < -0.39 is 23.5 Å². The molecule has 1 N–H and O–H groups in total. The lowest BCUT2D eigenvalue weighted by molar-refractivity contribution is -0.141. The number of carbonyl (C=O) groups excluding carboxylic acids is 1. The quantitative estimate of drug-likeness (QED) is 0.447. The maximum absolute atomic E-state index is 13.7. The molecule has 0 bridgehead atoms. The van der Waals surface area contributed by atoms with E-state index in [1.165, 1.54) is 15.5 Å². The number of alkyl halides is 3. The molecule has 2 heterocycles. The first-order chi connectivity index (χ1) is 14.6. The van der Waals surface area contributed by atoms with Crippen LogP contribution in [0.5, 0.6) is 0 Å². The minimum Gasteiger partial charge on any atom is -0.333 e. The number of rotatable bonds is 5. The third-order valence-corrected chi connectivity index (χ3v) is 5.16. The van der Waals surface area contributed by atoms with Crippen molar-refractivity contribution in [1.29, 1.82) is 0 Å². The fraction of sp³-hybridized carbons (Fsp3) is 0.500. The van der Waals surface area contributed by atoms with Crippen LogP contribution in [0.1, 0.15) is 38.2 Å². The molecule has 31 heavy (non-hydrogen) atoms. The van der Waals surface area contributed by atoms with Crippen LogP contribution < -0.4 is 5.32 Å². The lowest BCUT2D eigenvalue weighted by Crippen LogP contribution is -2.39. The minimum atomic E-state index is -4.52. The van der Waals surface area contributed by atoms with Gasteiger partial charge in [0.15, 0.2) is 5.69 Å². The molecule has 1 aliphatic carbocycles. The molecule has 0 radical (unpaired) electrons. The van der Waals surface area contributed by atoms with Gasteiger partial charge in [-0.15, -0.1) is 0 Å². The molecule has 0 fully saturated rings. The number of fused-ring (bicyclic) bond motifs is 1. The zero-order valence-corrected chi connectivity index (χ0v) is 18.8. The molecule has 11 heteroatoms. The Bertz CT molecular complexity index is 889. The molecule has 1 aliphatic heterocycles. The summed E-state index contributed by atoms with van der Waals surface area (Å²) in [7, 11) is 0. The zero-order chi connectivity index (χ0) is 23.2. The first-order valence-electron chi connectivity index (χ1n) is 9.86. The number of nitrogens with zero attached hydrogens (tertiary/aromatic N) is 3. The number of carbonyl (C=O) groups is 1. The Morgan fingerprint density at radius 1 is 1.23 bits per heavy atom. The molecule has 5 nitrogen and oxygen atoms in total. The molecule has 0 saturated heterocycles. The van der Waals surface area contributed by atoms with Gasteiger partial charge in [0.25, 0.3) is 0 Å². The highest BCUT2D eigenvalue weighted by Gasteiger charge is 2.36. The van der Waals surface area contributed by atoms with Gasteiger partial charge in [0.05, 0.1) is 11.0 Å². The van der Waals surface area contributed by atoms with E-state index in [-0.39, 0.29) is 55.2 Å². The van der Waals surface area contributed by atoms with Crippen molar-refractivity contribution >= 4 is 21.8 Å². The Morgan fingerprint density at radius 2 is 1.94 bits per heavy atom. The fourth-order valence-electron chi connectivity index (χ4n) is 3.09. The van der Waals surface area contributed by atoms with Crippen molar-refractivity contribution in [3.8, 4) is 0 Å². The van der Waals surface area contributed by atoms with Gasteiger partial charge >= 0.3 is 6.18 Å². The Kier molecular flexibility index (Phi) is 8.99. The molecule has 2 aliphatic rings. The van der Waals surface area contributed by atoms with Gasteiger partial charge in [-0.25, -0.2) is 13.8 Å². The molecule has 0 spiro atoms. The van der Waals surface area contributed by atoms with Gasteiger partial charge in [-0.1, -0.05) is 13.8 Å². The van der Waals surface area contributed by atoms with Gasteiger partial charge in [-0.2, -0.15) is 13.2 Å². The summed E-state index contributed by atoms with van der Waals surface area (Å²) in [5, 5.41) is 2.97. The fourth-order valence-corrected chi connectivity index (χ4v) is 3.45. The van der Waals surface area contributed by atoms with E-state index in [9.17, 15) is 26.7 Å². The van der Waals surface area contributed by atoms with E-state index >= 15 is 0 Å². The van der Waals surface area contributed by atoms with Crippen LogP contribution in [0.2, 0.25) is 0 Å². The number of imidazole rings is 1. The summed E-state index contributed by atoms with van der Waals surface area (Å²) in [4.78, 5) is 17.4. The topological polar surface area (TPSA) is 50.2 Å². The van der Waals surface area contributed by atoms with Gasteiger partial charge in [-0.3, -0.25) is 4.79 Å². The second-order valence-corrected chi connectivity index (χ2v) is 7.60. The molecular formula is C20H24BrF5N4O. The van der Waals surface area contributed by atoms with E-state index in [0.717, 1.165) is 12.3 Å². The average Bonchev–Trinajstić information content (AvgIpc) is 3.11. The summed E-state index contributed by atoms with van der Waals surface area (Å²) < 4.78 is 67.1. The van der Waals surface area contributed by atoms with Crippen LogP contribution >= 0.6 is 15.9 Å². The predicted octanol–water partition coefficient (Wildman–Crippen LogP) is 5.01. The van der Waals surface area contributed by atoms with E-state index in [1.807, 2.05) is 13.8 Å². The van der Waals surface area contributed by atoms with Gasteiger partial charge in [0.1, 0.15) is 17.5 Å². The first kappa shape index (κ1) is 25.3. The van der Waals surface area contributed by atoms with Crippen molar-refractivity contribution in [3.05, 3.63) is 51.6 Å². The number of nitrogens with one attached hydrogen (secondary N) is 1. The Balaban J connectivity index is 0.00000166. The second kappa shape index (κ2) is 11.0. The Morgan fingerprint density at radius 3 is 2.61 bits per heavy atom. The van der Waals surface area contributed by atoms with Crippen molar-refractivity contribution in [2.75, 3.05) is 19.6 Å². The van der Waals surface area contributed by atoms with Crippen LogP contribution in [0.15, 0.2) is 40.1 Å². The standard InChI is InChI=1S/C18H18BrF5N4O.C2H6/c19-13-7-12(20)5-11(6-14(13)21)8-25-2-1-17(29)28-4-3-27-9-15(18(22,23)24)26-16(27)10-28;1-2/h6-7,9,25H,1-5,8,10H2;1-2H3. The molecule has 0 aromatic carbocycles. The Hall–Kier alpha value is -2.01. The van der Waals surface area contributed by atoms with Crippen molar-refractivity contribution in [3.63, 3.8) is 0 Å². The molecule has 1 aromatic rings. The van der Waals surface area contributed by atoms with Gasteiger partial charge in [-0.05, 0) is 33.7 Å². The van der Waals surface area contributed by atoms with Crippen molar-refractivity contribution < 1.29 is 26.7 Å². The largest absolute Gasteiger partial charge is 0.434 e. The van der Waals surface area contributed by atoms with Gasteiger partial charge in [0.2, 0.25) is 5.91 Å². The van der Waals surface area contributed by atoms with Crippen LogP contribution in [-0.4, -0.2) is 40.0 Å². The molecule has 1 aromatic heterocycles. The summed E-state index contributed by atoms with van der Waals surface area (Å²) in [6, 6.07) is 0. The van der Waals surface area contributed by atoms with Gasteiger partial charge < -0.3 is 14.8 Å². The highest BCUT2D eigenvalue weighted by Crippen LogP contribution is 2.29. The molecule has 172 valence electrons. The first-order valence-corrected chi connectivity index (χ1v) is 10.7. The highest BCUT2D eigenvalue weighted by molar-refractivity contribution is 9.11. The lowest BCUT2D eigenvalue weighted by Gasteiger charge is -2.27. The van der Waals surface area contributed by atoms with E-state index in [2.05, 4.69) is 26.2 Å². The number of halogens is 6. The third kappa shape index (κ3) is 6.99. The van der Waals surface area contributed by atoms with Crippen LogP contribution in [0.25, 0.3) is 0 Å². The second-order valence-electron chi connectivity index (χ2n) is 6.74. The SMILES string of the molecule is CC.O=C(CCNCC1=CC(F)=C(Br)C=C(F)C1)N1CCn2cc(C(F)(F)F)nc2C1. The highest BCUT2D eigenvalue weighted by atomic mass is 79.9. The number of amides is 1. The van der Waals surface area contributed by atoms with Crippen molar-refractivity contribution in [2.45, 2.75) is 46.0 Å². The average molecular weight is 511 g/mol. The van der Waals surface area contributed by atoms with E-state index in [4.69, 9.17) is 0 Å². The lowest BCUT2D eigenvalue weighted by atomic mass is 10.1. The van der Waals surface area contributed by atoms with Crippen molar-refractivity contribution in [1.82, 2.24) is 19.8 Å². The monoisotopic (exact) mass is 510 g/mol. The van der Waals surface area contributed by atoms with Crippen molar-refractivity contribution in [2.24, 2.45) is 0 Å². The minimum absolute atomic E-state index is 0.0140. The van der Waals surface area contributed by atoms with Gasteiger partial charge in [0, 0.05) is 45.2 Å². The zero-order valence-electron chi connectivity index (χ0n) is 17.2. The maximum Gasteiger partial charge on any atom is 0.434 e. The molecule has 0 saturated carbocycles. The third-order valence-electron chi connectivity index (χ3n) is 4.55. The number of aromatic nitrogens is 2. The van der Waals surface area contributed by atoms with Crippen LogP contribution in [0.3, 0.4) is 0 Å². The molecular weight excluding hydrogens is 487 g/mol. The number of hydrogen-bond acceptors (Lipinski definition) is 3. The molecule has 0 atom stereocenters. The summed E-state index contributed by atoms with van der Waals surface area (Å²) in [5.74, 6) is -1.08. The van der Waals surface area contributed by atoms with Crippen LogP contribution in [0.4, 0.5) is 22.0 Å². The molecule has 3 rings (SSSR count).